The number of fused-ring (bicyclic) bond motifs is 1. The number of carbonyl (C=O) groups excluding carboxylic acids is 1. The Morgan fingerprint density at radius 3 is 2.64 bits per heavy atom. The standard InChI is InChI=1S/C20H19N3O4S/c1-13-3-5-15(6-4-13)18-12-21-27-20(18)22-28(25,26)17-7-8-19-16(11-17)9-10-23(19)14(2)24/h3-8,11-12,22H,9-10H2,1-2H3. The van der Waals surface area contributed by atoms with Crippen molar-refractivity contribution in [2.24, 2.45) is 0 Å². The SMILES string of the molecule is CC(=O)N1CCc2cc(S(=O)(=O)Nc3oncc3-c3ccc(C)cc3)ccc21. The summed E-state index contributed by atoms with van der Waals surface area (Å²) in [5, 5.41) is 3.74. The van der Waals surface area contributed by atoms with Crippen LogP contribution in [0.4, 0.5) is 11.6 Å². The zero-order valence-corrected chi connectivity index (χ0v) is 16.3. The summed E-state index contributed by atoms with van der Waals surface area (Å²) in [6.07, 6.45) is 2.10. The molecule has 4 rings (SSSR count). The molecule has 1 amide bonds. The van der Waals surface area contributed by atoms with Gasteiger partial charge in [0.25, 0.3) is 10.0 Å². The Hall–Kier alpha value is -3.13. The summed E-state index contributed by atoms with van der Waals surface area (Å²) in [6.45, 7) is 4.03. The van der Waals surface area contributed by atoms with E-state index in [1.54, 1.807) is 17.0 Å². The number of rotatable bonds is 4. The first-order valence-electron chi connectivity index (χ1n) is 8.81. The van der Waals surface area contributed by atoms with E-state index in [0.717, 1.165) is 22.4 Å². The Morgan fingerprint density at radius 2 is 1.93 bits per heavy atom. The molecular weight excluding hydrogens is 378 g/mol. The van der Waals surface area contributed by atoms with E-state index in [1.807, 2.05) is 31.2 Å². The van der Waals surface area contributed by atoms with Crippen LogP contribution in [0.1, 0.15) is 18.1 Å². The molecule has 2 heterocycles. The number of carbonyl (C=O) groups is 1. The van der Waals surface area contributed by atoms with Gasteiger partial charge in [-0.25, -0.2) is 13.1 Å². The summed E-state index contributed by atoms with van der Waals surface area (Å²) >= 11 is 0. The topological polar surface area (TPSA) is 92.5 Å². The average Bonchev–Trinajstić information content (AvgIpc) is 3.28. The lowest BCUT2D eigenvalue weighted by Crippen LogP contribution is -2.25. The summed E-state index contributed by atoms with van der Waals surface area (Å²) < 4.78 is 33.4. The van der Waals surface area contributed by atoms with Gasteiger partial charge in [-0.2, -0.15) is 0 Å². The molecule has 2 aromatic carbocycles. The first-order valence-corrected chi connectivity index (χ1v) is 10.3. The van der Waals surface area contributed by atoms with Crippen LogP contribution in [0.3, 0.4) is 0 Å². The van der Waals surface area contributed by atoms with Crippen LogP contribution in [0, 0.1) is 6.92 Å². The zero-order chi connectivity index (χ0) is 19.9. The third-order valence-electron chi connectivity index (χ3n) is 4.80. The molecule has 28 heavy (non-hydrogen) atoms. The Bertz CT molecular complexity index is 1150. The summed E-state index contributed by atoms with van der Waals surface area (Å²) in [5.41, 5.74) is 4.05. The number of anilines is 2. The fraction of sp³-hybridized carbons (Fsp3) is 0.200. The second-order valence-electron chi connectivity index (χ2n) is 6.75. The van der Waals surface area contributed by atoms with E-state index in [9.17, 15) is 13.2 Å². The number of hydrogen-bond donors (Lipinski definition) is 1. The highest BCUT2D eigenvalue weighted by molar-refractivity contribution is 7.92. The molecule has 0 saturated heterocycles. The van der Waals surface area contributed by atoms with Crippen molar-refractivity contribution < 1.29 is 17.7 Å². The van der Waals surface area contributed by atoms with Gasteiger partial charge in [-0.05, 0) is 42.7 Å². The number of sulfonamides is 1. The van der Waals surface area contributed by atoms with Gasteiger partial charge >= 0.3 is 0 Å². The number of aryl methyl sites for hydroxylation is 1. The maximum atomic E-state index is 12.9. The Morgan fingerprint density at radius 1 is 1.18 bits per heavy atom. The highest BCUT2D eigenvalue weighted by atomic mass is 32.2. The predicted molar refractivity (Wildman–Crippen MR) is 106 cm³/mol. The first kappa shape index (κ1) is 18.2. The normalized spacial score (nSPS) is 13.4. The molecule has 0 fully saturated rings. The van der Waals surface area contributed by atoms with Crippen molar-refractivity contribution in [3.8, 4) is 11.1 Å². The van der Waals surface area contributed by atoms with Crippen LogP contribution in [0.25, 0.3) is 11.1 Å². The summed E-state index contributed by atoms with van der Waals surface area (Å²) in [6, 6.07) is 12.4. The summed E-state index contributed by atoms with van der Waals surface area (Å²) in [4.78, 5) is 13.4. The van der Waals surface area contributed by atoms with Crippen molar-refractivity contribution in [3.63, 3.8) is 0 Å². The Balaban J connectivity index is 1.64. The fourth-order valence-corrected chi connectivity index (χ4v) is 4.36. The van der Waals surface area contributed by atoms with Crippen LogP contribution >= 0.6 is 0 Å². The smallest absolute Gasteiger partial charge is 0.264 e. The molecule has 1 N–H and O–H groups in total. The van der Waals surface area contributed by atoms with Gasteiger partial charge in [-0.3, -0.25) is 4.79 Å². The minimum Gasteiger partial charge on any atom is -0.337 e. The van der Waals surface area contributed by atoms with Crippen LogP contribution in [0.15, 0.2) is 58.1 Å². The maximum absolute atomic E-state index is 12.9. The van der Waals surface area contributed by atoms with E-state index >= 15 is 0 Å². The minimum absolute atomic E-state index is 0.0584. The molecule has 1 aliphatic heterocycles. The van der Waals surface area contributed by atoms with Crippen molar-refractivity contribution in [2.75, 3.05) is 16.2 Å². The molecule has 0 aliphatic carbocycles. The molecule has 8 heteroatoms. The van der Waals surface area contributed by atoms with E-state index in [1.165, 1.54) is 19.2 Å². The number of nitrogens with one attached hydrogen (secondary N) is 1. The summed E-state index contributed by atoms with van der Waals surface area (Å²) in [5.74, 6) is 0.00611. The monoisotopic (exact) mass is 397 g/mol. The molecule has 1 aliphatic rings. The van der Waals surface area contributed by atoms with Gasteiger partial charge < -0.3 is 9.42 Å². The van der Waals surface area contributed by atoms with Crippen LogP contribution in [-0.4, -0.2) is 26.0 Å². The second kappa shape index (κ2) is 6.79. The van der Waals surface area contributed by atoms with Crippen LogP contribution in [-0.2, 0) is 21.2 Å². The first-order chi connectivity index (χ1) is 13.3. The number of amides is 1. The fourth-order valence-electron chi connectivity index (χ4n) is 3.31. The van der Waals surface area contributed by atoms with E-state index in [2.05, 4.69) is 9.88 Å². The molecule has 0 bridgehead atoms. The van der Waals surface area contributed by atoms with Gasteiger partial charge in [0.05, 0.1) is 16.7 Å². The molecule has 7 nitrogen and oxygen atoms in total. The number of benzene rings is 2. The van der Waals surface area contributed by atoms with E-state index in [4.69, 9.17) is 4.52 Å². The van der Waals surface area contributed by atoms with E-state index in [0.29, 0.717) is 18.5 Å². The molecule has 1 aromatic heterocycles. The Kier molecular flexibility index (Phi) is 4.43. The molecular formula is C20H19N3O4S. The van der Waals surface area contributed by atoms with Gasteiger partial charge in [-0.15, -0.1) is 0 Å². The lowest BCUT2D eigenvalue weighted by Gasteiger charge is -2.15. The van der Waals surface area contributed by atoms with Crippen molar-refractivity contribution in [2.45, 2.75) is 25.2 Å². The molecule has 0 radical (unpaired) electrons. The second-order valence-corrected chi connectivity index (χ2v) is 8.43. The average molecular weight is 397 g/mol. The van der Waals surface area contributed by atoms with Crippen LogP contribution in [0.2, 0.25) is 0 Å². The van der Waals surface area contributed by atoms with Crippen LogP contribution in [0.5, 0.6) is 0 Å². The molecule has 3 aromatic rings. The Labute approximate surface area is 163 Å². The highest BCUT2D eigenvalue weighted by Crippen LogP contribution is 2.33. The van der Waals surface area contributed by atoms with Crippen molar-refractivity contribution in [3.05, 3.63) is 59.8 Å². The lowest BCUT2D eigenvalue weighted by atomic mass is 10.1. The number of aromatic nitrogens is 1. The lowest BCUT2D eigenvalue weighted by molar-refractivity contribution is -0.116. The van der Waals surface area contributed by atoms with Gasteiger partial charge in [0.15, 0.2) is 0 Å². The van der Waals surface area contributed by atoms with Gasteiger partial charge in [0.2, 0.25) is 11.8 Å². The van der Waals surface area contributed by atoms with Gasteiger partial charge in [-0.1, -0.05) is 35.0 Å². The van der Waals surface area contributed by atoms with Gasteiger partial charge in [0, 0.05) is 19.2 Å². The third kappa shape index (κ3) is 3.27. The van der Waals surface area contributed by atoms with Crippen LogP contribution < -0.4 is 9.62 Å². The predicted octanol–water partition coefficient (Wildman–Crippen LogP) is 3.36. The number of hydrogen-bond acceptors (Lipinski definition) is 5. The maximum Gasteiger partial charge on any atom is 0.264 e. The number of nitrogens with zero attached hydrogens (tertiary/aromatic N) is 2. The largest absolute Gasteiger partial charge is 0.337 e. The minimum atomic E-state index is -3.87. The molecule has 0 saturated carbocycles. The zero-order valence-electron chi connectivity index (χ0n) is 15.5. The van der Waals surface area contributed by atoms with Crippen molar-refractivity contribution >= 4 is 27.5 Å². The quantitative estimate of drug-likeness (QED) is 0.729. The van der Waals surface area contributed by atoms with Crippen molar-refractivity contribution in [1.29, 1.82) is 0 Å². The third-order valence-corrected chi connectivity index (χ3v) is 6.13. The van der Waals surface area contributed by atoms with E-state index in [-0.39, 0.29) is 16.7 Å². The molecule has 0 unspecified atom stereocenters. The highest BCUT2D eigenvalue weighted by Gasteiger charge is 2.26. The van der Waals surface area contributed by atoms with Gasteiger partial charge in [0.1, 0.15) is 0 Å². The molecule has 0 atom stereocenters. The van der Waals surface area contributed by atoms with Crippen molar-refractivity contribution in [1.82, 2.24) is 5.16 Å². The summed E-state index contributed by atoms with van der Waals surface area (Å²) in [7, 11) is -3.87. The molecule has 0 spiro atoms. The molecule has 144 valence electrons. The van der Waals surface area contributed by atoms with E-state index < -0.39 is 10.0 Å².